The predicted octanol–water partition coefficient (Wildman–Crippen LogP) is 5.32. The first-order valence-corrected chi connectivity index (χ1v) is 7.14. The Labute approximate surface area is 118 Å². The van der Waals surface area contributed by atoms with Crippen molar-refractivity contribution >= 4 is 10.9 Å². The van der Waals surface area contributed by atoms with E-state index >= 15 is 0 Å². The highest BCUT2D eigenvalue weighted by atomic mass is 19.1. The molecular formula is C18H18FN. The fourth-order valence-electron chi connectivity index (χ4n) is 2.53. The maximum atomic E-state index is 13.3. The average molecular weight is 267 g/mol. The number of fused-ring (bicyclic) bond motifs is 1. The molecule has 0 aliphatic rings. The molecule has 1 heterocycles. The predicted molar refractivity (Wildman–Crippen MR) is 82.3 cm³/mol. The lowest BCUT2D eigenvalue weighted by molar-refractivity contribution is 0.628. The molecule has 0 bridgehead atoms. The summed E-state index contributed by atoms with van der Waals surface area (Å²) in [6.07, 6.45) is 3.54. The van der Waals surface area contributed by atoms with Crippen LogP contribution in [-0.2, 0) is 6.42 Å². The first-order chi connectivity index (χ1) is 9.76. The van der Waals surface area contributed by atoms with Crippen LogP contribution in [0, 0.1) is 5.82 Å². The third-order valence-electron chi connectivity index (χ3n) is 3.64. The molecule has 0 radical (unpaired) electrons. The number of halogens is 1. The Hall–Kier alpha value is -2.09. The van der Waals surface area contributed by atoms with E-state index in [1.165, 1.54) is 29.9 Å². The fourth-order valence-corrected chi connectivity index (χ4v) is 2.53. The molecule has 1 N–H and O–H groups in total. The van der Waals surface area contributed by atoms with Gasteiger partial charge in [0.05, 0.1) is 0 Å². The Morgan fingerprint density at radius 1 is 1.05 bits per heavy atom. The van der Waals surface area contributed by atoms with Crippen LogP contribution >= 0.6 is 0 Å². The van der Waals surface area contributed by atoms with E-state index in [0.29, 0.717) is 0 Å². The first kappa shape index (κ1) is 12.9. The van der Waals surface area contributed by atoms with Crippen molar-refractivity contribution < 1.29 is 4.39 Å². The number of nitrogens with one attached hydrogen (secondary N) is 1. The summed E-state index contributed by atoms with van der Waals surface area (Å²) >= 11 is 0. The number of hydrogen-bond acceptors (Lipinski definition) is 0. The van der Waals surface area contributed by atoms with E-state index in [0.717, 1.165) is 23.2 Å². The van der Waals surface area contributed by atoms with Crippen molar-refractivity contribution in [1.29, 1.82) is 0 Å². The number of H-pyrrole nitrogens is 1. The number of hydrogen-bond donors (Lipinski definition) is 1. The second kappa shape index (κ2) is 5.49. The van der Waals surface area contributed by atoms with Crippen LogP contribution in [0.5, 0.6) is 0 Å². The minimum Gasteiger partial charge on any atom is -0.355 e. The van der Waals surface area contributed by atoms with Gasteiger partial charge in [-0.05, 0) is 48.7 Å². The summed E-state index contributed by atoms with van der Waals surface area (Å²) in [5, 5.41) is 1.19. The van der Waals surface area contributed by atoms with Crippen LogP contribution in [0.15, 0.2) is 48.5 Å². The number of aromatic amines is 1. The lowest BCUT2D eigenvalue weighted by atomic mass is 10.1. The van der Waals surface area contributed by atoms with E-state index in [9.17, 15) is 4.39 Å². The van der Waals surface area contributed by atoms with Gasteiger partial charge < -0.3 is 4.98 Å². The molecule has 0 amide bonds. The number of aromatic nitrogens is 1. The van der Waals surface area contributed by atoms with Crippen molar-refractivity contribution in [2.45, 2.75) is 26.2 Å². The Morgan fingerprint density at radius 3 is 2.75 bits per heavy atom. The molecule has 0 aliphatic heterocycles. The van der Waals surface area contributed by atoms with E-state index in [1.54, 1.807) is 12.1 Å². The Kier molecular flexibility index (Phi) is 3.55. The molecule has 1 nitrogen and oxygen atoms in total. The van der Waals surface area contributed by atoms with Gasteiger partial charge in [-0.25, -0.2) is 4.39 Å². The third-order valence-corrected chi connectivity index (χ3v) is 3.64. The van der Waals surface area contributed by atoms with Crippen LogP contribution in [0.25, 0.3) is 22.2 Å². The van der Waals surface area contributed by atoms with E-state index in [4.69, 9.17) is 0 Å². The van der Waals surface area contributed by atoms with Gasteiger partial charge in [-0.2, -0.15) is 0 Å². The summed E-state index contributed by atoms with van der Waals surface area (Å²) in [6, 6.07) is 15.3. The molecule has 2 heteroatoms. The van der Waals surface area contributed by atoms with E-state index in [2.05, 4.69) is 36.2 Å². The monoisotopic (exact) mass is 267 g/mol. The van der Waals surface area contributed by atoms with Gasteiger partial charge >= 0.3 is 0 Å². The van der Waals surface area contributed by atoms with Crippen LogP contribution < -0.4 is 0 Å². The van der Waals surface area contributed by atoms with E-state index in [1.807, 2.05) is 6.07 Å². The highest BCUT2D eigenvalue weighted by molar-refractivity contribution is 5.86. The van der Waals surface area contributed by atoms with Crippen LogP contribution in [0.3, 0.4) is 0 Å². The van der Waals surface area contributed by atoms with E-state index < -0.39 is 0 Å². The highest BCUT2D eigenvalue weighted by Gasteiger charge is 2.05. The third kappa shape index (κ3) is 2.60. The molecule has 1 aromatic heterocycles. The SMILES string of the molecule is CCCCc1ccc2[nH]c(-c3cccc(F)c3)cc2c1. The maximum Gasteiger partial charge on any atom is 0.123 e. The van der Waals surface area contributed by atoms with Gasteiger partial charge in [0.1, 0.15) is 5.82 Å². The lowest BCUT2D eigenvalue weighted by Crippen LogP contribution is -1.83. The quantitative estimate of drug-likeness (QED) is 0.658. The second-order valence-electron chi connectivity index (χ2n) is 5.22. The Bertz CT molecular complexity index is 727. The molecule has 0 fully saturated rings. The molecule has 0 saturated carbocycles. The molecule has 0 aliphatic carbocycles. The van der Waals surface area contributed by atoms with Crippen LogP contribution in [-0.4, -0.2) is 4.98 Å². The van der Waals surface area contributed by atoms with Gasteiger partial charge in [-0.3, -0.25) is 0 Å². The van der Waals surface area contributed by atoms with Crippen molar-refractivity contribution in [2.24, 2.45) is 0 Å². The molecular weight excluding hydrogens is 249 g/mol. The topological polar surface area (TPSA) is 15.8 Å². The van der Waals surface area contributed by atoms with Gasteiger partial charge in [0.2, 0.25) is 0 Å². The average Bonchev–Trinajstić information content (AvgIpc) is 2.88. The number of rotatable bonds is 4. The highest BCUT2D eigenvalue weighted by Crippen LogP contribution is 2.25. The summed E-state index contributed by atoms with van der Waals surface area (Å²) in [5.74, 6) is -0.204. The molecule has 0 atom stereocenters. The second-order valence-corrected chi connectivity index (χ2v) is 5.22. The summed E-state index contributed by atoms with van der Waals surface area (Å²) < 4.78 is 13.3. The number of unbranched alkanes of at least 4 members (excludes halogenated alkanes) is 1. The van der Waals surface area contributed by atoms with Crippen molar-refractivity contribution in [1.82, 2.24) is 4.98 Å². The van der Waals surface area contributed by atoms with Gasteiger partial charge in [-0.15, -0.1) is 0 Å². The molecule has 0 spiro atoms. The van der Waals surface area contributed by atoms with Crippen molar-refractivity contribution in [3.8, 4) is 11.3 Å². The van der Waals surface area contributed by atoms with Crippen molar-refractivity contribution in [3.63, 3.8) is 0 Å². The molecule has 3 rings (SSSR count). The van der Waals surface area contributed by atoms with Gasteiger partial charge in [0, 0.05) is 22.2 Å². The number of aryl methyl sites for hydroxylation is 1. The zero-order chi connectivity index (χ0) is 13.9. The molecule has 2 aromatic carbocycles. The zero-order valence-corrected chi connectivity index (χ0v) is 11.6. The zero-order valence-electron chi connectivity index (χ0n) is 11.6. The van der Waals surface area contributed by atoms with Gasteiger partial charge in [0.15, 0.2) is 0 Å². The summed E-state index contributed by atoms with van der Waals surface area (Å²) in [6.45, 7) is 2.21. The van der Waals surface area contributed by atoms with Crippen molar-refractivity contribution in [2.75, 3.05) is 0 Å². The lowest BCUT2D eigenvalue weighted by Gasteiger charge is -1.99. The summed E-state index contributed by atoms with van der Waals surface area (Å²) in [5.41, 5.74) is 4.32. The van der Waals surface area contributed by atoms with Crippen molar-refractivity contribution in [3.05, 3.63) is 59.9 Å². The first-order valence-electron chi connectivity index (χ1n) is 7.14. The molecule has 20 heavy (non-hydrogen) atoms. The van der Waals surface area contributed by atoms with Gasteiger partial charge in [0.25, 0.3) is 0 Å². The molecule has 0 saturated heterocycles. The maximum absolute atomic E-state index is 13.3. The normalized spacial score (nSPS) is 11.1. The van der Waals surface area contributed by atoms with Crippen LogP contribution in [0.4, 0.5) is 4.39 Å². The minimum absolute atomic E-state index is 0.204. The van der Waals surface area contributed by atoms with Gasteiger partial charge in [-0.1, -0.05) is 31.5 Å². The van der Waals surface area contributed by atoms with Crippen LogP contribution in [0.2, 0.25) is 0 Å². The number of benzene rings is 2. The van der Waals surface area contributed by atoms with E-state index in [-0.39, 0.29) is 5.82 Å². The van der Waals surface area contributed by atoms with Crippen LogP contribution in [0.1, 0.15) is 25.3 Å². The largest absolute Gasteiger partial charge is 0.355 e. The molecule has 0 unspecified atom stereocenters. The summed E-state index contributed by atoms with van der Waals surface area (Å²) in [7, 11) is 0. The molecule has 102 valence electrons. The minimum atomic E-state index is -0.204. The smallest absolute Gasteiger partial charge is 0.123 e. The standard InChI is InChI=1S/C18H18FN/c1-2-3-5-13-8-9-17-15(10-13)12-18(20-17)14-6-4-7-16(19)11-14/h4,6-12,20H,2-3,5H2,1H3. The molecule has 3 aromatic rings. The fraction of sp³-hybridized carbons (Fsp3) is 0.222. The Morgan fingerprint density at radius 2 is 1.95 bits per heavy atom. The summed E-state index contributed by atoms with van der Waals surface area (Å²) in [4.78, 5) is 3.36. The Balaban J connectivity index is 1.98.